The van der Waals surface area contributed by atoms with Crippen molar-refractivity contribution in [1.82, 2.24) is 0 Å². The maximum Gasteiger partial charge on any atom is 0.335 e. The molecule has 1 heterocycles. The Bertz CT molecular complexity index is 951. The molecule has 1 N–H and O–H groups in total. The van der Waals surface area contributed by atoms with Crippen LogP contribution in [-0.2, 0) is 11.3 Å². The van der Waals surface area contributed by atoms with Crippen molar-refractivity contribution in [3.8, 4) is 17.2 Å². The Morgan fingerprint density at radius 1 is 1.04 bits per heavy atom. The van der Waals surface area contributed by atoms with Gasteiger partial charge in [0.25, 0.3) is 11.7 Å². The molecule has 0 saturated heterocycles. The first-order valence-corrected chi connectivity index (χ1v) is 7.94. The van der Waals surface area contributed by atoms with Crippen molar-refractivity contribution >= 4 is 23.3 Å². The van der Waals surface area contributed by atoms with E-state index in [9.17, 15) is 14.4 Å². The van der Waals surface area contributed by atoms with Gasteiger partial charge in [-0.3, -0.25) is 9.59 Å². The fourth-order valence-electron chi connectivity index (χ4n) is 3.06. The Balaban J connectivity index is 2.11. The number of amides is 1. The van der Waals surface area contributed by atoms with Crippen LogP contribution >= 0.6 is 0 Å². The smallest absolute Gasteiger partial charge is 0.335 e. The monoisotopic (exact) mass is 371 g/mol. The van der Waals surface area contributed by atoms with E-state index in [-0.39, 0.29) is 29.2 Å². The highest BCUT2D eigenvalue weighted by Gasteiger charge is 2.41. The van der Waals surface area contributed by atoms with Gasteiger partial charge in [0.15, 0.2) is 11.5 Å². The molecule has 8 nitrogen and oxygen atoms in total. The second kappa shape index (κ2) is 6.99. The van der Waals surface area contributed by atoms with Gasteiger partial charge in [-0.1, -0.05) is 12.1 Å². The molecule has 0 aliphatic carbocycles. The number of hydrogen-bond acceptors (Lipinski definition) is 6. The Morgan fingerprint density at radius 3 is 2.33 bits per heavy atom. The quantitative estimate of drug-likeness (QED) is 0.776. The summed E-state index contributed by atoms with van der Waals surface area (Å²) in [6.45, 7) is 0.0251. The molecular weight excluding hydrogens is 354 g/mol. The van der Waals surface area contributed by atoms with E-state index in [0.717, 1.165) is 0 Å². The van der Waals surface area contributed by atoms with E-state index in [1.54, 1.807) is 12.1 Å². The lowest BCUT2D eigenvalue weighted by Gasteiger charge is -2.19. The summed E-state index contributed by atoms with van der Waals surface area (Å²) in [5.74, 6) is -1.90. The predicted molar refractivity (Wildman–Crippen MR) is 95.0 cm³/mol. The molecule has 0 aromatic heterocycles. The second-order valence-corrected chi connectivity index (χ2v) is 5.77. The van der Waals surface area contributed by atoms with E-state index in [0.29, 0.717) is 17.0 Å². The third-order valence-electron chi connectivity index (χ3n) is 4.28. The average molecular weight is 371 g/mol. The number of Topliss-reactive ketones (excluding diaryl/α,β-unsaturated/α-hetero) is 1. The van der Waals surface area contributed by atoms with Crippen LogP contribution < -0.4 is 19.1 Å². The number of ether oxygens (including phenoxy) is 3. The summed E-state index contributed by atoms with van der Waals surface area (Å²) in [6.07, 6.45) is 0. The topological polar surface area (TPSA) is 102 Å². The molecule has 140 valence electrons. The van der Waals surface area contributed by atoms with Gasteiger partial charge < -0.3 is 24.2 Å². The van der Waals surface area contributed by atoms with Crippen molar-refractivity contribution in [1.29, 1.82) is 0 Å². The standard InChI is InChI=1S/C19H17NO7/c1-25-13-8-12-14(17(27-3)16(13)26-2)15(21)18(22)20(12)9-10-5-4-6-11(7-10)19(23)24/h4-8H,9H2,1-3H3,(H,23,24). The molecule has 0 bridgehead atoms. The minimum atomic E-state index is -1.07. The first-order chi connectivity index (χ1) is 12.9. The Kier molecular flexibility index (Phi) is 4.72. The van der Waals surface area contributed by atoms with Crippen LogP contribution in [0.5, 0.6) is 17.2 Å². The molecule has 0 atom stereocenters. The van der Waals surface area contributed by atoms with E-state index in [1.165, 1.54) is 44.4 Å². The summed E-state index contributed by atoms with van der Waals surface area (Å²) in [5, 5.41) is 9.13. The van der Waals surface area contributed by atoms with Crippen molar-refractivity contribution in [3.63, 3.8) is 0 Å². The number of nitrogens with zero attached hydrogens (tertiary/aromatic N) is 1. The van der Waals surface area contributed by atoms with Crippen LogP contribution in [0.2, 0.25) is 0 Å². The summed E-state index contributed by atoms with van der Waals surface area (Å²) in [7, 11) is 4.21. The lowest BCUT2D eigenvalue weighted by atomic mass is 10.1. The van der Waals surface area contributed by atoms with Gasteiger partial charge in [0.05, 0.1) is 44.7 Å². The van der Waals surface area contributed by atoms with E-state index >= 15 is 0 Å². The number of hydrogen-bond donors (Lipinski definition) is 1. The molecule has 2 aromatic rings. The molecule has 1 amide bonds. The second-order valence-electron chi connectivity index (χ2n) is 5.77. The van der Waals surface area contributed by atoms with Gasteiger partial charge in [-0.25, -0.2) is 4.79 Å². The summed E-state index contributed by atoms with van der Waals surface area (Å²) < 4.78 is 15.9. The van der Waals surface area contributed by atoms with E-state index in [2.05, 4.69) is 0 Å². The van der Waals surface area contributed by atoms with Crippen molar-refractivity contribution in [2.24, 2.45) is 0 Å². The van der Waals surface area contributed by atoms with Crippen LogP contribution in [0, 0.1) is 0 Å². The highest BCUT2D eigenvalue weighted by atomic mass is 16.5. The number of methoxy groups -OCH3 is 3. The van der Waals surface area contributed by atoms with Gasteiger partial charge in [-0.05, 0) is 17.7 Å². The number of carboxylic acid groups (broad SMARTS) is 1. The van der Waals surface area contributed by atoms with Gasteiger partial charge in [0.1, 0.15) is 0 Å². The van der Waals surface area contributed by atoms with Gasteiger partial charge in [-0.15, -0.1) is 0 Å². The normalized spacial score (nSPS) is 12.8. The lowest BCUT2D eigenvalue weighted by molar-refractivity contribution is -0.114. The SMILES string of the molecule is COc1cc2c(c(OC)c1OC)C(=O)C(=O)N2Cc1cccc(C(=O)O)c1. The number of ketones is 1. The summed E-state index contributed by atoms with van der Waals surface area (Å²) in [6, 6.07) is 7.70. The maximum atomic E-state index is 12.6. The van der Waals surface area contributed by atoms with Gasteiger partial charge in [0, 0.05) is 6.07 Å². The average Bonchev–Trinajstić information content (AvgIpc) is 2.91. The third kappa shape index (κ3) is 2.95. The Labute approximate surface area is 154 Å². The maximum absolute atomic E-state index is 12.6. The molecule has 1 aliphatic heterocycles. The van der Waals surface area contributed by atoms with Gasteiger partial charge in [0.2, 0.25) is 5.75 Å². The minimum Gasteiger partial charge on any atom is -0.493 e. The number of aromatic carboxylic acids is 1. The fourth-order valence-corrected chi connectivity index (χ4v) is 3.06. The number of benzene rings is 2. The molecule has 3 rings (SSSR count). The van der Waals surface area contributed by atoms with Crippen LogP contribution in [0.15, 0.2) is 30.3 Å². The first-order valence-electron chi connectivity index (χ1n) is 7.94. The zero-order valence-corrected chi connectivity index (χ0v) is 14.9. The van der Waals surface area contributed by atoms with Crippen LogP contribution in [0.25, 0.3) is 0 Å². The molecule has 0 spiro atoms. The van der Waals surface area contributed by atoms with Gasteiger partial charge >= 0.3 is 5.97 Å². The zero-order valence-electron chi connectivity index (χ0n) is 14.9. The van der Waals surface area contributed by atoms with Crippen molar-refractivity contribution in [3.05, 3.63) is 47.0 Å². The van der Waals surface area contributed by atoms with Crippen molar-refractivity contribution < 1.29 is 33.7 Å². The fraction of sp³-hybridized carbons (Fsp3) is 0.211. The highest BCUT2D eigenvalue weighted by Crippen LogP contribution is 2.48. The third-order valence-corrected chi connectivity index (χ3v) is 4.28. The number of carbonyl (C=O) groups is 3. The van der Waals surface area contributed by atoms with Gasteiger partial charge in [-0.2, -0.15) is 0 Å². The molecule has 1 aliphatic rings. The zero-order chi connectivity index (χ0) is 19.7. The predicted octanol–water partition coefficient (Wildman–Crippen LogP) is 2.14. The Morgan fingerprint density at radius 2 is 1.74 bits per heavy atom. The molecular formula is C19H17NO7. The first kappa shape index (κ1) is 18.2. The molecule has 27 heavy (non-hydrogen) atoms. The molecule has 2 aromatic carbocycles. The number of carboxylic acids is 1. The highest BCUT2D eigenvalue weighted by molar-refractivity contribution is 6.53. The van der Waals surface area contributed by atoms with Crippen LogP contribution in [0.4, 0.5) is 5.69 Å². The van der Waals surface area contributed by atoms with Crippen molar-refractivity contribution in [2.45, 2.75) is 6.54 Å². The van der Waals surface area contributed by atoms with Crippen LogP contribution in [0.3, 0.4) is 0 Å². The number of carbonyl (C=O) groups excluding carboxylic acids is 2. The number of fused-ring (bicyclic) bond motifs is 1. The lowest BCUT2D eigenvalue weighted by Crippen LogP contribution is -2.29. The van der Waals surface area contributed by atoms with Crippen molar-refractivity contribution in [2.75, 3.05) is 26.2 Å². The van der Waals surface area contributed by atoms with E-state index < -0.39 is 17.7 Å². The van der Waals surface area contributed by atoms with Crippen LogP contribution in [0.1, 0.15) is 26.3 Å². The van der Waals surface area contributed by atoms with Crippen LogP contribution in [-0.4, -0.2) is 44.1 Å². The molecule has 0 saturated carbocycles. The number of anilines is 1. The molecule has 8 heteroatoms. The molecule has 0 radical (unpaired) electrons. The molecule has 0 unspecified atom stereocenters. The summed E-state index contributed by atoms with van der Waals surface area (Å²) in [4.78, 5) is 37.6. The van der Waals surface area contributed by atoms with E-state index in [1.807, 2.05) is 0 Å². The minimum absolute atomic E-state index is 0.0251. The summed E-state index contributed by atoms with van der Waals surface area (Å²) >= 11 is 0. The molecule has 0 fully saturated rings. The van der Waals surface area contributed by atoms with E-state index in [4.69, 9.17) is 19.3 Å². The Hall–Kier alpha value is -3.55. The number of rotatable bonds is 6. The summed E-state index contributed by atoms with van der Waals surface area (Å²) in [5.41, 5.74) is 1.07. The largest absolute Gasteiger partial charge is 0.493 e.